The predicted octanol–water partition coefficient (Wildman–Crippen LogP) is 6.14. The lowest BCUT2D eigenvalue weighted by atomic mass is 10.00. The zero-order valence-electron chi connectivity index (χ0n) is 16.1. The lowest BCUT2D eigenvalue weighted by Gasteiger charge is -2.32. The van der Waals surface area contributed by atoms with Crippen molar-refractivity contribution < 1.29 is 0 Å². The summed E-state index contributed by atoms with van der Waals surface area (Å²) in [6.45, 7) is 11.6. The van der Waals surface area contributed by atoms with Crippen LogP contribution in [-0.2, 0) is 13.0 Å². The summed E-state index contributed by atoms with van der Waals surface area (Å²) >= 11 is 0. The number of benzene rings is 2. The molecule has 1 N–H and O–H groups in total. The third-order valence-electron chi connectivity index (χ3n) is 4.67. The van der Waals surface area contributed by atoms with Crippen LogP contribution in [0.25, 0.3) is 0 Å². The fourth-order valence-electron chi connectivity index (χ4n) is 3.34. The van der Waals surface area contributed by atoms with Gasteiger partial charge in [0.1, 0.15) is 0 Å². The highest BCUT2D eigenvalue weighted by Crippen LogP contribution is 2.30. The second-order valence-corrected chi connectivity index (χ2v) is 6.90. The van der Waals surface area contributed by atoms with Crippen LogP contribution in [0.4, 0.5) is 5.69 Å². The van der Waals surface area contributed by atoms with Crippen LogP contribution in [0.15, 0.2) is 59.8 Å². The Morgan fingerprint density at radius 2 is 1.80 bits per heavy atom. The molecule has 0 saturated carbocycles. The highest BCUT2D eigenvalue weighted by atomic mass is 15.1. The number of aryl methyl sites for hydroxylation is 2. The molecule has 0 fully saturated rings. The van der Waals surface area contributed by atoms with E-state index in [2.05, 4.69) is 81.1 Å². The van der Waals surface area contributed by atoms with E-state index in [1.807, 2.05) is 6.92 Å². The monoisotopic (exact) mass is 334 g/mol. The Morgan fingerprint density at radius 1 is 1.12 bits per heavy atom. The molecule has 0 atom stereocenters. The van der Waals surface area contributed by atoms with Gasteiger partial charge >= 0.3 is 0 Å². The van der Waals surface area contributed by atoms with Crippen molar-refractivity contribution in [1.82, 2.24) is 0 Å². The van der Waals surface area contributed by atoms with Gasteiger partial charge in [-0.3, -0.25) is 0 Å². The Labute approximate surface area is 152 Å². The lowest BCUT2D eigenvalue weighted by molar-refractivity contribution is 0.697. The highest BCUT2D eigenvalue weighted by molar-refractivity contribution is 5.78. The van der Waals surface area contributed by atoms with E-state index in [-0.39, 0.29) is 0 Å². The first-order valence-corrected chi connectivity index (χ1v) is 9.10. The Bertz CT molecular complexity index is 742. The summed E-state index contributed by atoms with van der Waals surface area (Å²) in [6.07, 6.45) is 2.51. The van der Waals surface area contributed by atoms with Gasteiger partial charge in [0.05, 0.1) is 0 Å². The molecule has 2 aromatic carbocycles. The molecule has 2 rings (SSSR count). The summed E-state index contributed by atoms with van der Waals surface area (Å²) < 4.78 is 0. The molecule has 0 radical (unpaired) electrons. The van der Waals surface area contributed by atoms with Crippen LogP contribution in [-0.4, -0.2) is 6.21 Å². The molecule has 0 spiro atoms. The average Bonchev–Trinajstić information content (AvgIpc) is 2.62. The molecular weight excluding hydrogens is 304 g/mol. The standard InChI is InChI=1S/C23H30N2/c1-6-21-14-22(13-12-18(21)4)25(16-20-10-8-7-9-11-20)23(17(2)3)19(5)15-24/h7-15,17,24H,6,16H2,1-5H3/b23-19+,24-15?. The van der Waals surface area contributed by atoms with Crippen LogP contribution in [0, 0.1) is 18.3 Å². The number of allylic oxidation sites excluding steroid dienone is 2. The van der Waals surface area contributed by atoms with E-state index in [4.69, 9.17) is 5.41 Å². The maximum atomic E-state index is 7.77. The quantitative estimate of drug-likeness (QED) is 0.605. The van der Waals surface area contributed by atoms with E-state index in [0.29, 0.717) is 5.92 Å². The van der Waals surface area contributed by atoms with Crippen LogP contribution in [0.3, 0.4) is 0 Å². The van der Waals surface area contributed by atoms with Crippen LogP contribution in [0.1, 0.15) is 44.4 Å². The number of hydrogen-bond acceptors (Lipinski definition) is 2. The van der Waals surface area contributed by atoms with Crippen molar-refractivity contribution in [1.29, 1.82) is 5.41 Å². The molecule has 2 nitrogen and oxygen atoms in total. The van der Waals surface area contributed by atoms with Crippen molar-refractivity contribution in [2.24, 2.45) is 5.92 Å². The van der Waals surface area contributed by atoms with Crippen LogP contribution < -0.4 is 4.90 Å². The summed E-state index contributed by atoms with van der Waals surface area (Å²) in [5, 5.41) is 7.77. The molecule has 0 bridgehead atoms. The van der Waals surface area contributed by atoms with E-state index in [0.717, 1.165) is 18.5 Å². The van der Waals surface area contributed by atoms with E-state index >= 15 is 0 Å². The first-order chi connectivity index (χ1) is 12.0. The molecule has 25 heavy (non-hydrogen) atoms. The summed E-state index contributed by atoms with van der Waals surface area (Å²) in [4.78, 5) is 2.37. The zero-order valence-corrected chi connectivity index (χ0v) is 16.1. The van der Waals surface area contributed by atoms with Gasteiger partial charge in [0.25, 0.3) is 0 Å². The number of nitrogens with one attached hydrogen (secondary N) is 1. The number of rotatable bonds is 7. The Hall–Kier alpha value is -2.35. The summed E-state index contributed by atoms with van der Waals surface area (Å²) in [7, 11) is 0. The molecule has 0 aliphatic rings. The van der Waals surface area contributed by atoms with Gasteiger partial charge < -0.3 is 10.3 Å². The molecular formula is C23H30N2. The normalized spacial score (nSPS) is 12.1. The second-order valence-electron chi connectivity index (χ2n) is 6.90. The third-order valence-corrected chi connectivity index (χ3v) is 4.67. The van der Waals surface area contributed by atoms with E-state index in [1.54, 1.807) is 0 Å². The average molecular weight is 335 g/mol. The molecule has 0 amide bonds. The minimum Gasteiger partial charge on any atom is -0.340 e. The third kappa shape index (κ3) is 4.60. The van der Waals surface area contributed by atoms with Gasteiger partial charge in [0.15, 0.2) is 0 Å². The fourth-order valence-corrected chi connectivity index (χ4v) is 3.34. The van der Waals surface area contributed by atoms with Crippen LogP contribution in [0.2, 0.25) is 0 Å². The zero-order chi connectivity index (χ0) is 18.4. The van der Waals surface area contributed by atoms with Gasteiger partial charge in [0.2, 0.25) is 0 Å². The summed E-state index contributed by atoms with van der Waals surface area (Å²) in [5.74, 6) is 0.344. The number of hydrogen-bond donors (Lipinski definition) is 1. The smallest absolute Gasteiger partial charge is 0.0478 e. The van der Waals surface area contributed by atoms with E-state index < -0.39 is 0 Å². The van der Waals surface area contributed by atoms with Crippen molar-refractivity contribution in [2.75, 3.05) is 4.90 Å². The van der Waals surface area contributed by atoms with Crippen molar-refractivity contribution in [3.8, 4) is 0 Å². The maximum absolute atomic E-state index is 7.77. The van der Waals surface area contributed by atoms with Gasteiger partial charge in [-0.15, -0.1) is 0 Å². The summed E-state index contributed by atoms with van der Waals surface area (Å²) in [6, 6.07) is 17.3. The van der Waals surface area contributed by atoms with Crippen molar-refractivity contribution in [3.05, 3.63) is 76.5 Å². The Kier molecular flexibility index (Phi) is 6.58. The van der Waals surface area contributed by atoms with E-state index in [9.17, 15) is 0 Å². The van der Waals surface area contributed by atoms with Gasteiger partial charge in [-0.05, 0) is 60.6 Å². The van der Waals surface area contributed by atoms with Crippen molar-refractivity contribution >= 4 is 11.9 Å². The maximum Gasteiger partial charge on any atom is 0.0478 e. The Morgan fingerprint density at radius 3 is 2.36 bits per heavy atom. The van der Waals surface area contributed by atoms with Gasteiger partial charge in [-0.25, -0.2) is 0 Å². The molecule has 0 aliphatic carbocycles. The fraction of sp³-hybridized carbons (Fsp3) is 0.348. The lowest BCUT2D eigenvalue weighted by Crippen LogP contribution is -2.27. The van der Waals surface area contributed by atoms with Crippen LogP contribution >= 0.6 is 0 Å². The number of nitrogens with zero attached hydrogens (tertiary/aromatic N) is 1. The predicted molar refractivity (Wildman–Crippen MR) is 110 cm³/mol. The minimum absolute atomic E-state index is 0.344. The SMILES string of the molecule is CCc1cc(N(Cc2ccccc2)/C(=C(\C)C=N)C(C)C)ccc1C. The minimum atomic E-state index is 0.344. The molecule has 132 valence electrons. The Balaban J connectivity index is 2.57. The van der Waals surface area contributed by atoms with Crippen LogP contribution in [0.5, 0.6) is 0 Å². The topological polar surface area (TPSA) is 27.1 Å². The summed E-state index contributed by atoms with van der Waals surface area (Å²) in [5.41, 5.74) is 7.43. The number of anilines is 1. The molecule has 0 saturated heterocycles. The molecule has 2 aromatic rings. The van der Waals surface area contributed by atoms with Gasteiger partial charge in [-0.1, -0.05) is 57.2 Å². The van der Waals surface area contributed by atoms with Gasteiger partial charge in [-0.2, -0.15) is 0 Å². The van der Waals surface area contributed by atoms with Crippen molar-refractivity contribution in [2.45, 2.75) is 47.6 Å². The second kappa shape index (κ2) is 8.66. The first kappa shape index (κ1) is 19.0. The largest absolute Gasteiger partial charge is 0.340 e. The molecule has 2 heteroatoms. The highest BCUT2D eigenvalue weighted by Gasteiger charge is 2.18. The molecule has 0 heterocycles. The molecule has 0 unspecified atom stereocenters. The van der Waals surface area contributed by atoms with Gasteiger partial charge in [0, 0.05) is 24.1 Å². The van der Waals surface area contributed by atoms with Crippen molar-refractivity contribution in [3.63, 3.8) is 0 Å². The molecule has 0 aliphatic heterocycles. The first-order valence-electron chi connectivity index (χ1n) is 9.10. The molecule has 0 aromatic heterocycles. The van der Waals surface area contributed by atoms with E-state index in [1.165, 1.54) is 34.3 Å².